The van der Waals surface area contributed by atoms with Crippen molar-refractivity contribution in [2.75, 3.05) is 44.8 Å². The first-order valence-corrected chi connectivity index (χ1v) is 12.3. The second-order valence-electron chi connectivity index (χ2n) is 7.83. The van der Waals surface area contributed by atoms with Crippen molar-refractivity contribution in [1.29, 1.82) is 0 Å². The molecule has 0 bridgehead atoms. The molecular formula is C22H25N3O8S. The minimum absolute atomic E-state index is 0.112. The van der Waals surface area contributed by atoms with Gasteiger partial charge in [0, 0.05) is 25.3 Å². The van der Waals surface area contributed by atoms with Crippen LogP contribution in [0.15, 0.2) is 52.0 Å². The van der Waals surface area contributed by atoms with E-state index in [9.17, 15) is 22.8 Å². The zero-order chi connectivity index (χ0) is 24.1. The summed E-state index contributed by atoms with van der Waals surface area (Å²) in [6.07, 6.45) is 2.45. The van der Waals surface area contributed by atoms with Crippen LogP contribution in [-0.4, -0.2) is 80.9 Å². The highest BCUT2D eigenvalue weighted by molar-refractivity contribution is 7.89. The highest BCUT2D eigenvalue weighted by Crippen LogP contribution is 2.22. The van der Waals surface area contributed by atoms with Crippen LogP contribution in [0.1, 0.15) is 23.4 Å². The van der Waals surface area contributed by atoms with Gasteiger partial charge in [0.15, 0.2) is 12.4 Å². The van der Waals surface area contributed by atoms with Crippen molar-refractivity contribution >= 4 is 33.5 Å². The fraction of sp³-hybridized carbons (Fsp3) is 0.409. The third kappa shape index (κ3) is 5.29. The number of amides is 2. The van der Waals surface area contributed by atoms with Crippen LogP contribution in [0.5, 0.6) is 0 Å². The Morgan fingerprint density at radius 3 is 2.47 bits per heavy atom. The van der Waals surface area contributed by atoms with E-state index in [2.05, 4.69) is 5.32 Å². The summed E-state index contributed by atoms with van der Waals surface area (Å²) in [6.45, 7) is 1.13. The molecule has 0 radical (unpaired) electrons. The number of hydrogen-bond donors (Lipinski definition) is 1. The molecule has 34 heavy (non-hydrogen) atoms. The number of ether oxygens (including phenoxy) is 2. The van der Waals surface area contributed by atoms with Crippen molar-refractivity contribution in [2.45, 2.75) is 23.8 Å². The van der Waals surface area contributed by atoms with E-state index in [-0.39, 0.29) is 23.7 Å². The Kier molecular flexibility index (Phi) is 7.29. The number of hydrogen-bond acceptors (Lipinski definition) is 8. The van der Waals surface area contributed by atoms with Crippen molar-refractivity contribution in [3.8, 4) is 0 Å². The smallest absolute Gasteiger partial charge is 0.329 e. The molecule has 2 aliphatic rings. The minimum Gasteiger partial charge on any atom is -0.459 e. The van der Waals surface area contributed by atoms with Gasteiger partial charge in [-0.15, -0.1) is 0 Å². The Morgan fingerprint density at radius 2 is 1.79 bits per heavy atom. The molecule has 0 aliphatic carbocycles. The average Bonchev–Trinajstić information content (AvgIpc) is 3.56. The maximum absolute atomic E-state index is 12.7. The lowest BCUT2D eigenvalue weighted by Gasteiger charge is -2.26. The molecule has 4 rings (SSSR count). The summed E-state index contributed by atoms with van der Waals surface area (Å²) < 4.78 is 42.1. The maximum Gasteiger partial charge on any atom is 0.329 e. The molecule has 1 aromatic carbocycles. The fourth-order valence-electron chi connectivity index (χ4n) is 3.87. The van der Waals surface area contributed by atoms with Gasteiger partial charge in [-0.1, -0.05) is 0 Å². The van der Waals surface area contributed by atoms with Crippen LogP contribution < -0.4 is 5.32 Å². The Hall–Kier alpha value is -3.22. The number of morpholine rings is 1. The molecule has 12 heteroatoms. The van der Waals surface area contributed by atoms with Crippen LogP contribution in [-0.2, 0) is 29.1 Å². The van der Waals surface area contributed by atoms with Gasteiger partial charge in [0.25, 0.3) is 11.8 Å². The number of benzene rings is 1. The molecule has 2 saturated heterocycles. The monoisotopic (exact) mass is 491 g/mol. The van der Waals surface area contributed by atoms with E-state index < -0.39 is 40.5 Å². The average molecular weight is 492 g/mol. The summed E-state index contributed by atoms with van der Waals surface area (Å²) in [5, 5.41) is 2.56. The van der Waals surface area contributed by atoms with Crippen LogP contribution in [0.25, 0.3) is 0 Å². The van der Waals surface area contributed by atoms with Crippen molar-refractivity contribution < 1.29 is 36.7 Å². The zero-order valence-corrected chi connectivity index (χ0v) is 19.2. The number of furan rings is 1. The first-order valence-electron chi connectivity index (χ1n) is 10.9. The lowest BCUT2D eigenvalue weighted by atomic mass is 10.2. The van der Waals surface area contributed by atoms with Gasteiger partial charge in [-0.2, -0.15) is 4.31 Å². The third-order valence-electron chi connectivity index (χ3n) is 5.61. The van der Waals surface area contributed by atoms with Gasteiger partial charge in [-0.05, 0) is 49.2 Å². The van der Waals surface area contributed by atoms with Crippen LogP contribution in [0.4, 0.5) is 5.69 Å². The van der Waals surface area contributed by atoms with Gasteiger partial charge in [-0.25, -0.2) is 13.2 Å². The van der Waals surface area contributed by atoms with Gasteiger partial charge in [-0.3, -0.25) is 9.59 Å². The molecule has 1 aromatic heterocycles. The predicted octanol–water partition coefficient (Wildman–Crippen LogP) is 1.09. The minimum atomic E-state index is -3.63. The second-order valence-corrected chi connectivity index (χ2v) is 9.77. The number of nitrogens with one attached hydrogen (secondary N) is 1. The van der Waals surface area contributed by atoms with Crippen molar-refractivity contribution in [3.05, 3.63) is 48.4 Å². The standard InChI is InChI=1S/C22H25N3O8S/c26-20(15-33-22(28)18-3-1-9-25(18)21(27)19-4-2-12-32-19)23-16-5-7-17(8-6-16)34(29,30)24-10-13-31-14-11-24/h2,4-8,12,18H,1,3,9-11,13-15H2,(H,23,26)/t18-/m0/s1. The normalized spacial score (nSPS) is 19.1. The zero-order valence-electron chi connectivity index (χ0n) is 18.3. The van der Waals surface area contributed by atoms with E-state index >= 15 is 0 Å². The number of esters is 1. The molecule has 182 valence electrons. The lowest BCUT2D eigenvalue weighted by Crippen LogP contribution is -2.42. The highest BCUT2D eigenvalue weighted by Gasteiger charge is 2.36. The van der Waals surface area contributed by atoms with Crippen LogP contribution in [0.3, 0.4) is 0 Å². The molecule has 1 N–H and O–H groups in total. The molecule has 1 atom stereocenters. The Balaban J connectivity index is 1.29. The largest absolute Gasteiger partial charge is 0.459 e. The second kappa shape index (κ2) is 10.4. The summed E-state index contributed by atoms with van der Waals surface area (Å²) in [7, 11) is -3.63. The molecule has 2 aromatic rings. The molecular weight excluding hydrogens is 466 g/mol. The molecule has 0 spiro atoms. The number of rotatable bonds is 7. The van der Waals surface area contributed by atoms with Gasteiger partial charge in [0.2, 0.25) is 10.0 Å². The summed E-state index contributed by atoms with van der Waals surface area (Å²) in [4.78, 5) is 38.7. The molecule has 0 saturated carbocycles. The maximum atomic E-state index is 12.7. The predicted molar refractivity (Wildman–Crippen MR) is 118 cm³/mol. The number of sulfonamides is 1. The van der Waals surface area contributed by atoms with E-state index in [1.54, 1.807) is 6.07 Å². The molecule has 11 nitrogen and oxygen atoms in total. The summed E-state index contributed by atoms with van der Waals surface area (Å²) in [5.41, 5.74) is 0.359. The number of carbonyl (C=O) groups excluding carboxylic acids is 3. The van der Waals surface area contributed by atoms with Gasteiger partial charge >= 0.3 is 5.97 Å². The summed E-state index contributed by atoms with van der Waals surface area (Å²) in [6, 6.07) is 8.07. The Labute approximate surface area is 196 Å². The third-order valence-corrected chi connectivity index (χ3v) is 7.52. The first kappa shape index (κ1) is 23.9. The van der Waals surface area contributed by atoms with Crippen LogP contribution in [0.2, 0.25) is 0 Å². The molecule has 0 unspecified atom stereocenters. The number of anilines is 1. The van der Waals surface area contributed by atoms with Gasteiger partial charge < -0.3 is 24.1 Å². The SMILES string of the molecule is O=C(COC(=O)[C@@H]1CCCN1C(=O)c1ccco1)Nc1ccc(S(=O)(=O)N2CCOCC2)cc1. The van der Waals surface area contributed by atoms with Crippen molar-refractivity contribution in [3.63, 3.8) is 0 Å². The Bertz CT molecular complexity index is 1130. The molecule has 3 heterocycles. The molecule has 2 aliphatic heterocycles. The van der Waals surface area contributed by atoms with Gasteiger partial charge in [0.1, 0.15) is 6.04 Å². The van der Waals surface area contributed by atoms with Crippen molar-refractivity contribution in [2.24, 2.45) is 0 Å². The van der Waals surface area contributed by atoms with E-state index in [1.165, 1.54) is 45.8 Å². The molecule has 2 amide bonds. The molecule has 2 fully saturated rings. The highest BCUT2D eigenvalue weighted by atomic mass is 32.2. The van der Waals surface area contributed by atoms with E-state index in [0.717, 1.165) is 0 Å². The van der Waals surface area contributed by atoms with E-state index in [4.69, 9.17) is 13.9 Å². The van der Waals surface area contributed by atoms with E-state index in [1.807, 2.05) is 0 Å². The number of nitrogens with zero attached hydrogens (tertiary/aromatic N) is 2. The van der Waals surface area contributed by atoms with Crippen LogP contribution >= 0.6 is 0 Å². The van der Waals surface area contributed by atoms with Crippen molar-refractivity contribution in [1.82, 2.24) is 9.21 Å². The first-order chi connectivity index (χ1) is 16.4. The topological polar surface area (TPSA) is 135 Å². The summed E-state index contributed by atoms with van der Waals surface area (Å²) >= 11 is 0. The number of likely N-dealkylation sites (tertiary alicyclic amines) is 1. The summed E-state index contributed by atoms with van der Waals surface area (Å²) in [5.74, 6) is -1.52. The van der Waals surface area contributed by atoms with E-state index in [0.29, 0.717) is 38.3 Å². The lowest BCUT2D eigenvalue weighted by molar-refractivity contribution is -0.151. The Morgan fingerprint density at radius 1 is 1.06 bits per heavy atom. The van der Waals surface area contributed by atoms with Crippen LogP contribution in [0, 0.1) is 0 Å². The fourth-order valence-corrected chi connectivity index (χ4v) is 5.28. The number of carbonyl (C=O) groups is 3. The van der Waals surface area contributed by atoms with Gasteiger partial charge in [0.05, 0.1) is 24.4 Å². The quantitative estimate of drug-likeness (QED) is 0.569.